The van der Waals surface area contributed by atoms with Gasteiger partial charge in [0, 0.05) is 23.1 Å². The number of aromatic nitrogens is 3. The fraction of sp³-hybridized carbons (Fsp3) is 0.538. The molecule has 0 unspecified atom stereocenters. The molecular weight excluding hydrogens is 278 g/mol. The molecule has 0 saturated carbocycles. The van der Waals surface area contributed by atoms with Crippen molar-refractivity contribution in [1.29, 1.82) is 0 Å². The normalized spacial score (nSPS) is 11.6. The first-order valence-corrected chi connectivity index (χ1v) is 6.87. The Balaban J connectivity index is 2.70. The molecule has 2 heterocycles. The van der Waals surface area contributed by atoms with Gasteiger partial charge in [-0.25, -0.2) is 9.97 Å². The number of hydrogen-bond acceptors (Lipinski definition) is 2. The van der Waals surface area contributed by atoms with Crippen LogP contribution in [0.25, 0.3) is 11.0 Å². The van der Waals surface area contributed by atoms with E-state index >= 15 is 0 Å². The summed E-state index contributed by atoms with van der Waals surface area (Å²) in [6.07, 6.45) is 4.12. The van der Waals surface area contributed by atoms with Gasteiger partial charge in [0.05, 0.1) is 11.1 Å². The van der Waals surface area contributed by atoms with Crippen molar-refractivity contribution < 1.29 is 0 Å². The summed E-state index contributed by atoms with van der Waals surface area (Å²) in [4.78, 5) is 9.26. The summed E-state index contributed by atoms with van der Waals surface area (Å²) in [5, 5.41) is 1.14. The maximum Gasteiger partial charge on any atom is 0.145 e. The Hall–Kier alpha value is -0.900. The van der Waals surface area contributed by atoms with E-state index in [0.29, 0.717) is 6.04 Å². The van der Waals surface area contributed by atoms with E-state index in [1.165, 1.54) is 0 Å². The molecule has 0 aromatic carbocycles. The van der Waals surface area contributed by atoms with Crippen molar-refractivity contribution in [2.45, 2.75) is 46.6 Å². The molecule has 0 aliphatic heterocycles. The molecule has 0 atom stereocenters. The van der Waals surface area contributed by atoms with Crippen molar-refractivity contribution >= 4 is 27.0 Å². The van der Waals surface area contributed by atoms with Crippen molar-refractivity contribution in [3.8, 4) is 0 Å². The molecule has 0 aliphatic rings. The molecule has 3 nitrogen and oxygen atoms in total. The Kier molecular flexibility index (Phi) is 3.52. The Bertz CT molecular complexity index is 543. The molecule has 2 rings (SSSR count). The van der Waals surface area contributed by atoms with Crippen molar-refractivity contribution in [2.24, 2.45) is 0 Å². The minimum atomic E-state index is 0.410. The smallest absolute Gasteiger partial charge is 0.145 e. The Labute approximate surface area is 110 Å². The zero-order chi connectivity index (χ0) is 12.6. The molecule has 0 bridgehead atoms. The second-order valence-corrected chi connectivity index (χ2v) is 5.51. The standard InChI is InChI=1S/C13H18BrN3/c1-5-6-11-15-9(4)12-10(14)7-17(8(2)3)13(12)16-11/h7-8H,5-6H2,1-4H3. The summed E-state index contributed by atoms with van der Waals surface area (Å²) in [7, 11) is 0. The zero-order valence-corrected chi connectivity index (χ0v) is 12.4. The van der Waals surface area contributed by atoms with Gasteiger partial charge < -0.3 is 4.57 Å². The summed E-state index contributed by atoms with van der Waals surface area (Å²) < 4.78 is 3.29. The Morgan fingerprint density at radius 2 is 2.06 bits per heavy atom. The highest BCUT2D eigenvalue weighted by atomic mass is 79.9. The number of hydrogen-bond donors (Lipinski definition) is 0. The fourth-order valence-corrected chi connectivity index (χ4v) is 2.74. The van der Waals surface area contributed by atoms with E-state index in [-0.39, 0.29) is 0 Å². The van der Waals surface area contributed by atoms with Crippen molar-refractivity contribution in [3.63, 3.8) is 0 Å². The molecular formula is C13H18BrN3. The van der Waals surface area contributed by atoms with Gasteiger partial charge in [-0.05, 0) is 43.1 Å². The Morgan fingerprint density at radius 1 is 1.35 bits per heavy atom. The van der Waals surface area contributed by atoms with Crippen LogP contribution in [0.4, 0.5) is 0 Å². The highest BCUT2D eigenvalue weighted by Gasteiger charge is 2.14. The molecule has 0 saturated heterocycles. The van der Waals surface area contributed by atoms with Gasteiger partial charge in [0.1, 0.15) is 11.5 Å². The lowest BCUT2D eigenvalue weighted by atomic mass is 10.2. The van der Waals surface area contributed by atoms with Crippen LogP contribution in [0.3, 0.4) is 0 Å². The van der Waals surface area contributed by atoms with Crippen LogP contribution < -0.4 is 0 Å². The van der Waals surface area contributed by atoms with Gasteiger partial charge in [-0.1, -0.05) is 6.92 Å². The predicted octanol–water partition coefficient (Wildman–Crippen LogP) is 4.04. The second-order valence-electron chi connectivity index (χ2n) is 4.65. The first-order valence-electron chi connectivity index (χ1n) is 6.08. The van der Waals surface area contributed by atoms with E-state index in [4.69, 9.17) is 0 Å². The van der Waals surface area contributed by atoms with E-state index in [2.05, 4.69) is 64.4 Å². The van der Waals surface area contributed by atoms with Crippen LogP contribution >= 0.6 is 15.9 Å². The second kappa shape index (κ2) is 4.77. The number of aryl methyl sites for hydroxylation is 2. The SMILES string of the molecule is CCCc1nc(C)c2c(Br)cn(C(C)C)c2n1. The lowest BCUT2D eigenvalue weighted by Crippen LogP contribution is -2.03. The van der Waals surface area contributed by atoms with E-state index in [9.17, 15) is 0 Å². The lowest BCUT2D eigenvalue weighted by Gasteiger charge is -2.09. The molecule has 17 heavy (non-hydrogen) atoms. The molecule has 0 spiro atoms. The first kappa shape index (κ1) is 12.6. The van der Waals surface area contributed by atoms with Crippen molar-refractivity contribution in [3.05, 3.63) is 22.2 Å². The number of fused-ring (bicyclic) bond motifs is 1. The monoisotopic (exact) mass is 295 g/mol. The van der Waals surface area contributed by atoms with E-state index < -0.39 is 0 Å². The van der Waals surface area contributed by atoms with Gasteiger partial charge in [0.25, 0.3) is 0 Å². The zero-order valence-electron chi connectivity index (χ0n) is 10.8. The van der Waals surface area contributed by atoms with Gasteiger partial charge in [-0.3, -0.25) is 0 Å². The van der Waals surface area contributed by atoms with Crippen LogP contribution in [0, 0.1) is 6.92 Å². The Morgan fingerprint density at radius 3 is 2.65 bits per heavy atom. The fourth-order valence-electron chi connectivity index (χ4n) is 2.06. The summed E-state index contributed by atoms with van der Waals surface area (Å²) in [6, 6.07) is 0.410. The van der Waals surface area contributed by atoms with Crippen LogP contribution in [0.1, 0.15) is 44.8 Å². The molecule has 2 aromatic rings. The van der Waals surface area contributed by atoms with Gasteiger partial charge >= 0.3 is 0 Å². The van der Waals surface area contributed by atoms with Crippen LogP contribution in [-0.4, -0.2) is 14.5 Å². The minimum absolute atomic E-state index is 0.410. The molecule has 0 fully saturated rings. The third kappa shape index (κ3) is 2.23. The molecule has 0 aliphatic carbocycles. The molecule has 0 amide bonds. The maximum atomic E-state index is 4.69. The maximum absolute atomic E-state index is 4.69. The number of halogens is 1. The quantitative estimate of drug-likeness (QED) is 0.856. The molecule has 0 radical (unpaired) electrons. The summed E-state index contributed by atoms with van der Waals surface area (Å²) in [6.45, 7) is 8.55. The molecule has 2 aromatic heterocycles. The summed E-state index contributed by atoms with van der Waals surface area (Å²) >= 11 is 3.60. The van der Waals surface area contributed by atoms with Crippen LogP contribution in [0.2, 0.25) is 0 Å². The number of rotatable bonds is 3. The average molecular weight is 296 g/mol. The van der Waals surface area contributed by atoms with Gasteiger partial charge in [-0.2, -0.15) is 0 Å². The van der Waals surface area contributed by atoms with Gasteiger partial charge in [-0.15, -0.1) is 0 Å². The van der Waals surface area contributed by atoms with E-state index in [1.807, 2.05) is 0 Å². The molecule has 4 heteroatoms. The van der Waals surface area contributed by atoms with Crippen molar-refractivity contribution in [2.75, 3.05) is 0 Å². The van der Waals surface area contributed by atoms with Crippen LogP contribution in [-0.2, 0) is 6.42 Å². The molecule has 92 valence electrons. The van der Waals surface area contributed by atoms with Crippen LogP contribution in [0.15, 0.2) is 10.7 Å². The lowest BCUT2D eigenvalue weighted by molar-refractivity contribution is 0.615. The topological polar surface area (TPSA) is 30.7 Å². The van der Waals surface area contributed by atoms with Crippen molar-refractivity contribution in [1.82, 2.24) is 14.5 Å². The van der Waals surface area contributed by atoms with E-state index in [0.717, 1.165) is 39.9 Å². The minimum Gasteiger partial charge on any atom is -0.329 e. The highest BCUT2D eigenvalue weighted by molar-refractivity contribution is 9.10. The van der Waals surface area contributed by atoms with Crippen LogP contribution in [0.5, 0.6) is 0 Å². The molecule has 0 N–H and O–H groups in total. The highest BCUT2D eigenvalue weighted by Crippen LogP contribution is 2.29. The summed E-state index contributed by atoms with van der Waals surface area (Å²) in [5.41, 5.74) is 2.10. The van der Waals surface area contributed by atoms with Gasteiger partial charge in [0.15, 0.2) is 0 Å². The first-order chi connectivity index (χ1) is 8.04. The summed E-state index contributed by atoms with van der Waals surface area (Å²) in [5.74, 6) is 0.949. The predicted molar refractivity (Wildman–Crippen MR) is 74.3 cm³/mol. The average Bonchev–Trinajstić information content (AvgIpc) is 2.57. The van der Waals surface area contributed by atoms with Gasteiger partial charge in [0.2, 0.25) is 0 Å². The third-order valence-corrected chi connectivity index (χ3v) is 3.48. The number of nitrogens with zero attached hydrogens (tertiary/aromatic N) is 3. The van der Waals surface area contributed by atoms with E-state index in [1.54, 1.807) is 0 Å². The largest absolute Gasteiger partial charge is 0.329 e. The third-order valence-electron chi connectivity index (χ3n) is 2.88.